The van der Waals surface area contributed by atoms with Gasteiger partial charge >= 0.3 is 6.18 Å². The zero-order chi connectivity index (χ0) is 18.0. The molecule has 0 aliphatic carbocycles. The van der Waals surface area contributed by atoms with Crippen LogP contribution in [0, 0.1) is 18.3 Å². The Morgan fingerprint density at radius 2 is 1.76 bits per heavy atom. The molecule has 0 aromatic carbocycles. The smallest absolute Gasteiger partial charge is 0.353 e. The number of aromatic nitrogens is 3. The van der Waals surface area contributed by atoms with E-state index in [1.165, 1.54) is 13.1 Å². The molecule has 3 rings (SSSR count). The van der Waals surface area contributed by atoms with Crippen molar-refractivity contribution < 1.29 is 13.2 Å². The van der Waals surface area contributed by atoms with Crippen molar-refractivity contribution in [2.75, 3.05) is 36.0 Å². The Morgan fingerprint density at radius 3 is 2.32 bits per heavy atom. The minimum atomic E-state index is -4.49. The summed E-state index contributed by atoms with van der Waals surface area (Å²) in [6.07, 6.45) is -2.99. The first kappa shape index (κ1) is 17.0. The molecule has 9 heteroatoms. The number of rotatable bonds is 2. The van der Waals surface area contributed by atoms with Crippen LogP contribution in [0.15, 0.2) is 24.4 Å². The first-order valence-electron chi connectivity index (χ1n) is 7.66. The third-order valence-corrected chi connectivity index (χ3v) is 3.90. The Hall–Kier alpha value is -2.89. The van der Waals surface area contributed by atoms with E-state index in [1.54, 1.807) is 17.0 Å². The molecule has 1 fully saturated rings. The average Bonchev–Trinajstić information content (AvgIpc) is 2.61. The van der Waals surface area contributed by atoms with Gasteiger partial charge < -0.3 is 9.80 Å². The van der Waals surface area contributed by atoms with Crippen molar-refractivity contribution in [2.24, 2.45) is 0 Å². The number of piperazine rings is 1. The van der Waals surface area contributed by atoms with Crippen molar-refractivity contribution in [2.45, 2.75) is 13.1 Å². The molecule has 0 bridgehead atoms. The Morgan fingerprint density at radius 1 is 1.08 bits per heavy atom. The normalized spacial score (nSPS) is 15.2. The van der Waals surface area contributed by atoms with Crippen LogP contribution in [0.3, 0.4) is 0 Å². The highest BCUT2D eigenvalue weighted by Gasteiger charge is 2.34. The Bertz CT molecular complexity index is 789. The highest BCUT2D eigenvalue weighted by atomic mass is 19.4. The molecule has 1 aliphatic heterocycles. The topological polar surface area (TPSA) is 68.9 Å². The summed E-state index contributed by atoms with van der Waals surface area (Å²) in [5, 5.41) is 8.80. The van der Waals surface area contributed by atoms with Gasteiger partial charge in [0.15, 0.2) is 0 Å². The second-order valence-electron chi connectivity index (χ2n) is 5.68. The average molecular weight is 348 g/mol. The van der Waals surface area contributed by atoms with Crippen molar-refractivity contribution in [3.8, 4) is 6.07 Å². The first-order chi connectivity index (χ1) is 11.9. The zero-order valence-corrected chi connectivity index (χ0v) is 13.5. The summed E-state index contributed by atoms with van der Waals surface area (Å²) in [6, 6.07) is 6.41. The standard InChI is InChI=1S/C16H15F3N6/c1-11-8-13(16(17,18)19)23-15(22-11)25-6-4-24(5-7-25)14-3-2-12(9-20)10-21-14/h2-3,8,10H,4-7H2,1H3. The number of halogens is 3. The van der Waals surface area contributed by atoms with E-state index in [2.05, 4.69) is 15.0 Å². The number of nitriles is 1. The molecule has 3 heterocycles. The molecule has 25 heavy (non-hydrogen) atoms. The quantitative estimate of drug-likeness (QED) is 0.830. The lowest BCUT2D eigenvalue weighted by Crippen LogP contribution is -2.47. The van der Waals surface area contributed by atoms with Gasteiger partial charge in [-0.1, -0.05) is 0 Å². The fourth-order valence-electron chi connectivity index (χ4n) is 2.61. The van der Waals surface area contributed by atoms with Crippen LogP contribution in [0.4, 0.5) is 24.9 Å². The predicted octanol–water partition coefficient (Wildman–Crippen LogP) is 2.40. The molecule has 0 unspecified atom stereocenters. The number of pyridine rings is 1. The molecule has 0 atom stereocenters. The van der Waals surface area contributed by atoms with Crippen LogP contribution >= 0.6 is 0 Å². The number of nitrogens with zero attached hydrogens (tertiary/aromatic N) is 6. The van der Waals surface area contributed by atoms with Gasteiger partial charge in [-0.3, -0.25) is 0 Å². The number of anilines is 2. The van der Waals surface area contributed by atoms with E-state index >= 15 is 0 Å². The molecular formula is C16H15F3N6. The monoisotopic (exact) mass is 348 g/mol. The maximum atomic E-state index is 12.9. The van der Waals surface area contributed by atoms with E-state index in [9.17, 15) is 13.2 Å². The largest absolute Gasteiger partial charge is 0.433 e. The van der Waals surface area contributed by atoms with Crippen LogP contribution < -0.4 is 9.80 Å². The van der Waals surface area contributed by atoms with Crippen LogP contribution in [-0.2, 0) is 6.18 Å². The molecule has 130 valence electrons. The van der Waals surface area contributed by atoms with Gasteiger partial charge in [0.2, 0.25) is 5.95 Å². The molecule has 0 N–H and O–H groups in total. The third-order valence-electron chi connectivity index (χ3n) is 3.90. The number of alkyl halides is 3. The summed E-state index contributed by atoms with van der Waals surface area (Å²) in [7, 11) is 0. The highest BCUT2D eigenvalue weighted by molar-refractivity contribution is 5.44. The molecule has 6 nitrogen and oxygen atoms in total. The summed E-state index contributed by atoms with van der Waals surface area (Å²) in [6.45, 7) is 3.66. The number of aryl methyl sites for hydroxylation is 1. The van der Waals surface area contributed by atoms with E-state index in [-0.39, 0.29) is 11.6 Å². The summed E-state index contributed by atoms with van der Waals surface area (Å²) >= 11 is 0. The van der Waals surface area contributed by atoms with E-state index in [1.807, 2.05) is 11.0 Å². The third kappa shape index (κ3) is 3.79. The maximum Gasteiger partial charge on any atom is 0.433 e. The molecule has 2 aromatic rings. The lowest BCUT2D eigenvalue weighted by atomic mass is 10.2. The van der Waals surface area contributed by atoms with Crippen LogP contribution in [0.1, 0.15) is 17.0 Å². The van der Waals surface area contributed by atoms with Gasteiger partial charge in [-0.15, -0.1) is 0 Å². The van der Waals surface area contributed by atoms with E-state index in [0.29, 0.717) is 31.7 Å². The molecule has 0 amide bonds. The van der Waals surface area contributed by atoms with Crippen molar-refractivity contribution in [3.05, 3.63) is 41.3 Å². The molecule has 0 spiro atoms. The minimum absolute atomic E-state index is 0.0970. The van der Waals surface area contributed by atoms with Crippen molar-refractivity contribution in [1.82, 2.24) is 15.0 Å². The molecular weight excluding hydrogens is 333 g/mol. The van der Waals surface area contributed by atoms with Crippen LogP contribution in [0.5, 0.6) is 0 Å². The van der Waals surface area contributed by atoms with Crippen LogP contribution in [-0.4, -0.2) is 41.1 Å². The zero-order valence-electron chi connectivity index (χ0n) is 13.5. The van der Waals surface area contributed by atoms with Crippen molar-refractivity contribution in [3.63, 3.8) is 0 Å². The van der Waals surface area contributed by atoms with Gasteiger partial charge in [-0.25, -0.2) is 15.0 Å². The van der Waals surface area contributed by atoms with E-state index < -0.39 is 11.9 Å². The fraction of sp³-hybridized carbons (Fsp3) is 0.375. The summed E-state index contributed by atoms with van der Waals surface area (Å²) in [4.78, 5) is 15.8. The van der Waals surface area contributed by atoms with Crippen molar-refractivity contribution in [1.29, 1.82) is 5.26 Å². The maximum absolute atomic E-state index is 12.9. The van der Waals surface area contributed by atoms with Gasteiger partial charge in [-0.05, 0) is 25.1 Å². The highest BCUT2D eigenvalue weighted by Crippen LogP contribution is 2.29. The van der Waals surface area contributed by atoms with E-state index in [4.69, 9.17) is 5.26 Å². The fourth-order valence-corrected chi connectivity index (χ4v) is 2.61. The lowest BCUT2D eigenvalue weighted by molar-refractivity contribution is -0.141. The van der Waals surface area contributed by atoms with Gasteiger partial charge in [-0.2, -0.15) is 18.4 Å². The van der Waals surface area contributed by atoms with E-state index in [0.717, 1.165) is 11.9 Å². The van der Waals surface area contributed by atoms with Crippen LogP contribution in [0.2, 0.25) is 0 Å². The summed E-state index contributed by atoms with van der Waals surface area (Å²) < 4.78 is 38.7. The Balaban J connectivity index is 1.72. The van der Waals surface area contributed by atoms with Gasteiger partial charge in [0.1, 0.15) is 17.6 Å². The predicted molar refractivity (Wildman–Crippen MR) is 85.1 cm³/mol. The second-order valence-corrected chi connectivity index (χ2v) is 5.68. The Kier molecular flexibility index (Phi) is 4.44. The van der Waals surface area contributed by atoms with Gasteiger partial charge in [0.25, 0.3) is 0 Å². The number of hydrogen-bond donors (Lipinski definition) is 0. The van der Waals surface area contributed by atoms with Crippen LogP contribution in [0.25, 0.3) is 0 Å². The van der Waals surface area contributed by atoms with Gasteiger partial charge in [0, 0.05) is 38.1 Å². The van der Waals surface area contributed by atoms with Crippen molar-refractivity contribution >= 4 is 11.8 Å². The molecule has 1 saturated heterocycles. The SMILES string of the molecule is Cc1cc(C(F)(F)F)nc(N2CCN(c3ccc(C#N)cn3)CC2)n1. The number of hydrogen-bond acceptors (Lipinski definition) is 6. The lowest BCUT2D eigenvalue weighted by Gasteiger charge is -2.35. The summed E-state index contributed by atoms with van der Waals surface area (Å²) in [5.74, 6) is 0.833. The first-order valence-corrected chi connectivity index (χ1v) is 7.66. The minimum Gasteiger partial charge on any atom is -0.353 e. The van der Waals surface area contributed by atoms with Gasteiger partial charge in [0.05, 0.1) is 5.56 Å². The molecule has 0 radical (unpaired) electrons. The molecule has 1 aliphatic rings. The molecule has 0 saturated carbocycles. The second kappa shape index (κ2) is 6.55. The summed E-state index contributed by atoms with van der Waals surface area (Å²) in [5.41, 5.74) is -0.157. The Labute approximate surface area is 142 Å². The molecule has 2 aromatic heterocycles.